The molecule has 10 aliphatic rings. The van der Waals surface area contributed by atoms with E-state index in [4.69, 9.17) is 44.6 Å². The van der Waals surface area contributed by atoms with Gasteiger partial charge in [0.2, 0.25) is 0 Å². The van der Waals surface area contributed by atoms with E-state index in [1.165, 1.54) is 52.2 Å². The fourth-order valence-electron chi connectivity index (χ4n) is 22.1. The fraction of sp³-hybridized carbons (Fsp3) is 0.932. The molecule has 2 aliphatic heterocycles. The number of halogens is 1. The summed E-state index contributed by atoms with van der Waals surface area (Å²) in [5.74, 6) is 2.47. The number of nitrogens with two attached hydrogens (primary N) is 1. The van der Waals surface area contributed by atoms with Gasteiger partial charge in [0.15, 0.2) is 18.7 Å². The standard InChI is InChI=1S/C73H122IN3O18/c1-37(2)15-14-16-47(76)45-20-19-43-42-18-17-40-31-41(21-25-67(40,8)44(42)22-26-68(43,45)9)92-65(88)77-54(55(82)38(3)90-63-59(86)57(84)60(39(4)91-63)93-62-58(85)56(83)48(79)35-89-62)49(34-78)94-95-64(87)73(30-29-66(5,6)7)53(81)33-72(13)46(61(73)74)32-51-69(10)27-24-52(80)70(11,36-75)50(69)23-28-71(51,72)12/h32,36-45,47-63,75,78-86H,14-31,33-35,76H2,1-13H3,(H,77,88)/t38?,39?,40?,41-,42?,43?,44?,45?,47+,48+,49?,50?,51?,52-,53-,54-,55?,56?,57?,58?,59?,60-,61?,62-,63+,67?,68?,69?,70?,71?,72?,73-/m0/s1. The van der Waals surface area contributed by atoms with Crippen LogP contribution in [-0.2, 0) is 38.3 Å². The summed E-state index contributed by atoms with van der Waals surface area (Å²) in [6.07, 6.45) is -1.90. The van der Waals surface area contributed by atoms with E-state index >= 15 is 4.79 Å². The molecule has 10 rings (SSSR count). The lowest BCUT2D eigenvalue weighted by Crippen LogP contribution is -2.63. The number of aliphatic hydroxyl groups excluding tert-OH is 9. The van der Waals surface area contributed by atoms with E-state index in [0.29, 0.717) is 61.2 Å². The van der Waals surface area contributed by atoms with Gasteiger partial charge in [-0.25, -0.2) is 9.59 Å². The van der Waals surface area contributed by atoms with Gasteiger partial charge in [-0.15, -0.1) is 0 Å². The molecule has 2 saturated heterocycles. The van der Waals surface area contributed by atoms with Crippen LogP contribution in [0, 0.1) is 96.1 Å². The Labute approximate surface area is 578 Å². The zero-order chi connectivity index (χ0) is 69.7. The minimum atomic E-state index is -1.84. The van der Waals surface area contributed by atoms with Crippen molar-refractivity contribution in [2.45, 2.75) is 320 Å². The van der Waals surface area contributed by atoms with Crippen molar-refractivity contribution in [3.8, 4) is 0 Å². The van der Waals surface area contributed by atoms with Gasteiger partial charge in [-0.2, -0.15) is 4.89 Å². The summed E-state index contributed by atoms with van der Waals surface area (Å²) in [5, 5.41) is 114. The highest BCUT2D eigenvalue weighted by atomic mass is 127. The van der Waals surface area contributed by atoms with Gasteiger partial charge in [0.05, 0.1) is 47.6 Å². The number of hydrogen-bond acceptors (Lipinski definition) is 20. The Morgan fingerprint density at radius 1 is 0.832 bits per heavy atom. The van der Waals surface area contributed by atoms with Gasteiger partial charge in [0.25, 0.3) is 0 Å². The zero-order valence-electron chi connectivity index (χ0n) is 59.2. The molecule has 8 aliphatic carbocycles. The number of allylic oxidation sites excluding steroid dienone is 2. The Bertz CT molecular complexity index is 2730. The van der Waals surface area contributed by atoms with Gasteiger partial charge in [-0.3, -0.25) is 4.89 Å². The molecule has 22 heteroatoms. The summed E-state index contributed by atoms with van der Waals surface area (Å²) in [6, 6.07) is -1.42. The van der Waals surface area contributed by atoms with Gasteiger partial charge in [-0.1, -0.05) is 123 Å². The van der Waals surface area contributed by atoms with Crippen molar-refractivity contribution >= 4 is 40.9 Å². The first kappa shape index (κ1) is 75.9. The molecule has 0 aromatic rings. The number of ether oxygens (including phenoxy) is 5. The molecule has 13 N–H and O–H groups in total. The predicted molar refractivity (Wildman–Crippen MR) is 363 cm³/mol. The fourth-order valence-corrected chi connectivity index (χ4v) is 24.0. The van der Waals surface area contributed by atoms with Gasteiger partial charge < -0.3 is 86.1 Å². The quantitative estimate of drug-likeness (QED) is 0.0128. The van der Waals surface area contributed by atoms with Gasteiger partial charge >= 0.3 is 12.1 Å². The van der Waals surface area contributed by atoms with E-state index in [2.05, 4.69) is 103 Å². The van der Waals surface area contributed by atoms with Crippen LogP contribution < -0.4 is 11.1 Å². The summed E-state index contributed by atoms with van der Waals surface area (Å²) in [4.78, 5) is 42.3. The van der Waals surface area contributed by atoms with Crippen molar-refractivity contribution in [3.63, 3.8) is 0 Å². The summed E-state index contributed by atoms with van der Waals surface area (Å²) < 4.78 is 29.2. The Morgan fingerprint density at radius 2 is 1.51 bits per heavy atom. The third kappa shape index (κ3) is 13.5. The number of amides is 1. The second-order valence-electron chi connectivity index (χ2n) is 35.1. The number of carbonyl (C=O) groups is 2. The molecule has 0 radical (unpaired) electrons. The summed E-state index contributed by atoms with van der Waals surface area (Å²) >= 11 is 2.32. The predicted octanol–water partition coefficient (Wildman–Crippen LogP) is 8.33. The summed E-state index contributed by atoms with van der Waals surface area (Å²) in [5.41, 5.74) is 4.59. The van der Waals surface area contributed by atoms with Crippen LogP contribution in [0.1, 0.15) is 212 Å². The van der Waals surface area contributed by atoms with Crippen LogP contribution in [-0.4, -0.2) is 185 Å². The van der Waals surface area contributed by atoms with Gasteiger partial charge in [0.1, 0.15) is 54.2 Å². The van der Waals surface area contributed by atoms with Crippen LogP contribution in [0.15, 0.2) is 11.6 Å². The first-order valence-electron chi connectivity index (χ1n) is 36.5. The monoisotopic (exact) mass is 1460 g/mol. The number of hydrogen-bond donors (Lipinski definition) is 12. The third-order valence-corrected chi connectivity index (χ3v) is 30.1. The van der Waals surface area contributed by atoms with Crippen LogP contribution >= 0.6 is 22.6 Å². The summed E-state index contributed by atoms with van der Waals surface area (Å²) in [6.45, 7) is 26.2. The van der Waals surface area contributed by atoms with Crippen LogP contribution in [0.25, 0.3) is 0 Å². The lowest BCUT2D eigenvalue weighted by Gasteiger charge is -2.65. The normalized spacial score (nSPS) is 48.0. The van der Waals surface area contributed by atoms with Crippen molar-refractivity contribution in [1.82, 2.24) is 5.32 Å². The van der Waals surface area contributed by atoms with E-state index < -0.39 is 137 Å². The largest absolute Gasteiger partial charge is 0.446 e. The van der Waals surface area contributed by atoms with Crippen molar-refractivity contribution in [2.24, 2.45) is 96.4 Å². The van der Waals surface area contributed by atoms with Crippen molar-refractivity contribution < 1.29 is 89.0 Å². The van der Waals surface area contributed by atoms with E-state index in [1.807, 2.05) is 6.92 Å². The van der Waals surface area contributed by atoms with Crippen LogP contribution in [0.4, 0.5) is 4.79 Å². The minimum Gasteiger partial charge on any atom is -0.446 e. The van der Waals surface area contributed by atoms with E-state index in [9.17, 15) is 50.8 Å². The number of fused-ring (bicyclic) bond motifs is 10. The van der Waals surface area contributed by atoms with Crippen molar-refractivity contribution in [1.29, 1.82) is 5.41 Å². The second kappa shape index (κ2) is 28.5. The van der Waals surface area contributed by atoms with Crippen molar-refractivity contribution in [2.75, 3.05) is 13.2 Å². The maximum absolute atomic E-state index is 15.6. The van der Waals surface area contributed by atoms with E-state index in [1.54, 1.807) is 0 Å². The maximum atomic E-state index is 15.6. The molecular weight excluding hydrogens is 1330 g/mol. The van der Waals surface area contributed by atoms with Gasteiger partial charge in [-0.05, 0) is 203 Å². The highest BCUT2D eigenvalue weighted by molar-refractivity contribution is 14.1. The van der Waals surface area contributed by atoms with Crippen LogP contribution in [0.3, 0.4) is 0 Å². The zero-order valence-corrected chi connectivity index (χ0v) is 61.3. The highest BCUT2D eigenvalue weighted by Gasteiger charge is 2.73. The molecule has 7 saturated carbocycles. The third-order valence-electron chi connectivity index (χ3n) is 28.3. The molecule has 2 heterocycles. The maximum Gasteiger partial charge on any atom is 0.407 e. The number of aliphatic hydroxyl groups is 9. The molecule has 9 fully saturated rings. The average molecular weight is 1460 g/mol. The van der Waals surface area contributed by atoms with Gasteiger partial charge in [0, 0.05) is 17.7 Å². The molecule has 22 unspecified atom stereocenters. The van der Waals surface area contributed by atoms with E-state index in [-0.39, 0.29) is 64.4 Å². The Hall–Kier alpha value is -1.72. The molecule has 1 amide bonds. The Kier molecular flexibility index (Phi) is 22.8. The average Bonchev–Trinajstić information content (AvgIpc) is 1.45. The number of alkyl carbamates (subject to hydrolysis) is 1. The van der Waals surface area contributed by atoms with Crippen LogP contribution in [0.5, 0.6) is 0 Å². The number of carbonyl (C=O) groups excluding carboxylic acids is 2. The first-order valence-corrected chi connectivity index (χ1v) is 37.8. The SMILES string of the molecule is CC(C)CCC[C@@H](N)C1CCC2C3CCC4C[C@@H](OC(=O)N[C@@H](C(CO)OOC(=O)[C@]5(CCC(C)(C)C)C(I)C6=CC7C8(C)CC[C@H](O)C(C)(C=N)C8CCC7(C)C6(C)C[C@@H]5O)C(O)C(C)O[C@@H]5OC(C)[C@H](O[C@@H]6OC[C@@H](O)C(O)C6O)C(O)C5O)CCC4(C)C3CCC21C. The number of alkyl halides is 1. The number of rotatable bonds is 21. The molecule has 21 nitrogen and oxygen atoms in total. The molecule has 32 atom stereocenters. The summed E-state index contributed by atoms with van der Waals surface area (Å²) in [7, 11) is 0. The molecule has 0 bridgehead atoms. The topological polar surface area (TPSA) is 343 Å². The van der Waals surface area contributed by atoms with Crippen molar-refractivity contribution in [3.05, 3.63) is 11.6 Å². The lowest BCUT2D eigenvalue weighted by atomic mass is 9.40. The molecule has 0 aromatic heterocycles. The molecule has 0 aromatic carbocycles. The second-order valence-corrected chi connectivity index (χ2v) is 36.3. The van der Waals surface area contributed by atoms with Crippen LogP contribution in [0.2, 0.25) is 0 Å². The minimum absolute atomic E-state index is 0.000217. The first-order chi connectivity index (χ1) is 44.4. The smallest absolute Gasteiger partial charge is 0.407 e. The lowest BCUT2D eigenvalue weighted by molar-refractivity contribution is -0.351. The Morgan fingerprint density at radius 3 is 2.18 bits per heavy atom. The molecule has 544 valence electrons. The van der Waals surface area contributed by atoms with E-state index in [0.717, 1.165) is 56.9 Å². The molecule has 0 spiro atoms. The Balaban J connectivity index is 0.874. The highest BCUT2D eigenvalue weighted by Crippen LogP contribution is 2.76. The number of nitrogens with one attached hydrogen (secondary N) is 2. The molecular formula is C73H122IN3O18. The molecule has 95 heavy (non-hydrogen) atoms.